The number of fused-ring (bicyclic) bond motifs is 2. The van der Waals surface area contributed by atoms with Crippen LogP contribution >= 0.6 is 0 Å². The normalized spacial score (nSPS) is 13.6. The molecule has 0 aliphatic carbocycles. The molecule has 0 aliphatic rings. The first kappa shape index (κ1) is 24.5. The van der Waals surface area contributed by atoms with Crippen molar-refractivity contribution in [3.63, 3.8) is 0 Å². The Morgan fingerprint density at radius 3 is 2.24 bits per heavy atom. The Morgan fingerprint density at radius 1 is 0.919 bits per heavy atom. The molecule has 9 heteroatoms. The van der Waals surface area contributed by atoms with Gasteiger partial charge in [-0.25, -0.2) is 9.07 Å². The highest BCUT2D eigenvalue weighted by molar-refractivity contribution is 6.08. The lowest BCUT2D eigenvalue weighted by Gasteiger charge is -2.33. The molecule has 5 nitrogen and oxygen atoms in total. The summed E-state index contributed by atoms with van der Waals surface area (Å²) in [6, 6.07) is 18.1. The van der Waals surface area contributed by atoms with Crippen LogP contribution in [0.3, 0.4) is 0 Å². The summed E-state index contributed by atoms with van der Waals surface area (Å²) >= 11 is 0. The van der Waals surface area contributed by atoms with E-state index in [2.05, 4.69) is 5.10 Å². The smallest absolute Gasteiger partial charge is 0.372 e. The number of alkyl halides is 3. The van der Waals surface area contributed by atoms with Crippen LogP contribution in [-0.4, -0.2) is 46.0 Å². The van der Waals surface area contributed by atoms with Gasteiger partial charge in [0.1, 0.15) is 5.82 Å². The van der Waals surface area contributed by atoms with Crippen molar-refractivity contribution < 1.29 is 27.5 Å². The van der Waals surface area contributed by atoms with Crippen LogP contribution in [0.2, 0.25) is 0 Å². The Morgan fingerprint density at radius 2 is 1.59 bits per heavy atom. The molecular weight excluding hydrogens is 486 g/mol. The van der Waals surface area contributed by atoms with Crippen LogP contribution < -0.4 is 0 Å². The average molecular weight is 507 g/mol. The van der Waals surface area contributed by atoms with E-state index in [1.165, 1.54) is 70.4 Å². The second-order valence-corrected chi connectivity index (χ2v) is 8.92. The molecule has 1 heterocycles. The van der Waals surface area contributed by atoms with Gasteiger partial charge in [-0.05, 0) is 58.8 Å². The number of nitrogens with zero attached hydrogens (tertiary/aromatic N) is 3. The van der Waals surface area contributed by atoms with E-state index in [1.54, 1.807) is 32.3 Å². The summed E-state index contributed by atoms with van der Waals surface area (Å²) in [6.45, 7) is 0. The first-order chi connectivity index (χ1) is 17.5. The molecule has 5 rings (SSSR count). The number of carbonyl (C=O) groups excluding carboxylic acids is 1. The van der Waals surface area contributed by atoms with Gasteiger partial charge in [0.2, 0.25) is 5.60 Å². The van der Waals surface area contributed by atoms with Crippen molar-refractivity contribution in [3.8, 4) is 5.69 Å². The monoisotopic (exact) mass is 507 g/mol. The Balaban J connectivity index is 1.71. The molecule has 0 saturated heterocycles. The molecule has 0 bridgehead atoms. The molecule has 0 radical (unpaired) electrons. The molecule has 1 amide bonds. The van der Waals surface area contributed by atoms with Crippen molar-refractivity contribution in [1.29, 1.82) is 0 Å². The number of amides is 1. The number of hydrogen-bond donors (Lipinski definition) is 1. The van der Waals surface area contributed by atoms with Gasteiger partial charge in [-0.2, -0.15) is 18.3 Å². The second kappa shape index (κ2) is 8.70. The van der Waals surface area contributed by atoms with Gasteiger partial charge in [-0.1, -0.05) is 36.4 Å². The zero-order valence-electron chi connectivity index (χ0n) is 19.8. The maximum Gasteiger partial charge on any atom is 0.425 e. The molecule has 5 aromatic rings. The first-order valence-corrected chi connectivity index (χ1v) is 11.3. The third-order valence-electron chi connectivity index (χ3n) is 6.42. The zero-order chi connectivity index (χ0) is 26.5. The van der Waals surface area contributed by atoms with E-state index in [0.717, 1.165) is 6.07 Å². The maximum absolute atomic E-state index is 14.7. The second-order valence-electron chi connectivity index (χ2n) is 8.92. The van der Waals surface area contributed by atoms with Crippen molar-refractivity contribution in [3.05, 3.63) is 108 Å². The van der Waals surface area contributed by atoms with Crippen LogP contribution in [0.15, 0.2) is 85.1 Å². The number of aromatic nitrogens is 2. The van der Waals surface area contributed by atoms with Crippen LogP contribution in [0.1, 0.15) is 21.5 Å². The minimum atomic E-state index is -5.09. The number of hydrogen-bond acceptors (Lipinski definition) is 3. The molecule has 1 unspecified atom stereocenters. The van der Waals surface area contributed by atoms with Crippen molar-refractivity contribution in [2.24, 2.45) is 0 Å². The van der Waals surface area contributed by atoms with Gasteiger partial charge in [-0.15, -0.1) is 0 Å². The van der Waals surface area contributed by atoms with Gasteiger partial charge in [0.15, 0.2) is 0 Å². The van der Waals surface area contributed by atoms with Crippen molar-refractivity contribution in [2.75, 3.05) is 14.1 Å². The van der Waals surface area contributed by atoms with E-state index in [9.17, 15) is 27.5 Å². The molecule has 4 aromatic carbocycles. The first-order valence-electron chi connectivity index (χ1n) is 11.3. The predicted octanol–water partition coefficient (Wildman–Crippen LogP) is 5.82. The fourth-order valence-electron chi connectivity index (χ4n) is 4.56. The topological polar surface area (TPSA) is 58.4 Å². The predicted molar refractivity (Wildman–Crippen MR) is 132 cm³/mol. The largest absolute Gasteiger partial charge is 0.425 e. The molecular formula is C28H21F4N3O2. The zero-order valence-corrected chi connectivity index (χ0v) is 19.8. The molecule has 37 heavy (non-hydrogen) atoms. The maximum atomic E-state index is 14.7. The van der Waals surface area contributed by atoms with Crippen LogP contribution in [0, 0.1) is 5.82 Å². The van der Waals surface area contributed by atoms with Gasteiger partial charge in [0.25, 0.3) is 5.91 Å². The molecule has 188 valence electrons. The van der Waals surface area contributed by atoms with Crippen molar-refractivity contribution in [2.45, 2.75) is 11.8 Å². The van der Waals surface area contributed by atoms with Crippen LogP contribution in [0.25, 0.3) is 27.4 Å². The van der Waals surface area contributed by atoms with Crippen molar-refractivity contribution >= 4 is 27.6 Å². The van der Waals surface area contributed by atoms with Gasteiger partial charge in [0, 0.05) is 30.6 Å². The Labute approximate surface area is 209 Å². The average Bonchev–Trinajstić information content (AvgIpc) is 3.30. The van der Waals surface area contributed by atoms with E-state index in [1.807, 2.05) is 0 Å². The van der Waals surface area contributed by atoms with Crippen LogP contribution in [-0.2, 0) is 5.60 Å². The molecule has 0 saturated carbocycles. The number of rotatable bonds is 4. The molecule has 0 fully saturated rings. The summed E-state index contributed by atoms with van der Waals surface area (Å²) in [7, 11) is 3.11. The summed E-state index contributed by atoms with van der Waals surface area (Å²) in [4.78, 5) is 14.0. The summed E-state index contributed by atoms with van der Waals surface area (Å²) in [5.41, 5.74) is -2.93. The van der Waals surface area contributed by atoms with Gasteiger partial charge in [-0.3, -0.25) is 4.79 Å². The molecule has 1 aromatic heterocycles. The van der Waals surface area contributed by atoms with Gasteiger partial charge >= 0.3 is 6.18 Å². The third-order valence-corrected chi connectivity index (χ3v) is 6.42. The highest BCUT2D eigenvalue weighted by Gasteiger charge is 2.57. The van der Waals surface area contributed by atoms with E-state index in [4.69, 9.17) is 0 Å². The van der Waals surface area contributed by atoms with Crippen LogP contribution in [0.4, 0.5) is 17.6 Å². The lowest BCUT2D eigenvalue weighted by Crippen LogP contribution is -2.43. The van der Waals surface area contributed by atoms with E-state index < -0.39 is 28.7 Å². The number of aliphatic hydroxyl groups is 1. The highest BCUT2D eigenvalue weighted by Crippen LogP contribution is 2.47. The quantitative estimate of drug-likeness (QED) is 0.312. The number of carbonyl (C=O) groups is 1. The van der Waals surface area contributed by atoms with E-state index in [0.29, 0.717) is 22.0 Å². The van der Waals surface area contributed by atoms with Crippen molar-refractivity contribution in [1.82, 2.24) is 14.7 Å². The summed E-state index contributed by atoms with van der Waals surface area (Å²) in [6.07, 6.45) is -3.71. The third kappa shape index (κ3) is 3.92. The standard InChI is InChI=1S/C28H21F4N3O2/c1-34(2)26(36)23-12-13-24(22-6-4-3-5-21(22)23)27(37,28(30,31)32)18-7-14-25-17(15-18)16-33-35(25)20-10-8-19(29)9-11-20/h3-16,37H,1-2H3. The molecule has 0 aliphatic heterocycles. The molecule has 1 N–H and O–H groups in total. The highest BCUT2D eigenvalue weighted by atomic mass is 19.4. The molecule has 1 atom stereocenters. The number of benzene rings is 4. The fraction of sp³-hybridized carbons (Fsp3) is 0.143. The van der Waals surface area contributed by atoms with Crippen LogP contribution in [0.5, 0.6) is 0 Å². The van der Waals surface area contributed by atoms with E-state index in [-0.39, 0.29) is 16.9 Å². The lowest BCUT2D eigenvalue weighted by molar-refractivity contribution is -0.247. The van der Waals surface area contributed by atoms with Gasteiger partial charge < -0.3 is 10.0 Å². The lowest BCUT2D eigenvalue weighted by atomic mass is 9.81. The summed E-state index contributed by atoms with van der Waals surface area (Å²) in [5, 5.41) is 16.5. The minimum Gasteiger partial charge on any atom is -0.372 e. The van der Waals surface area contributed by atoms with E-state index >= 15 is 0 Å². The van der Waals surface area contributed by atoms with Gasteiger partial charge in [0.05, 0.1) is 17.4 Å². The minimum absolute atomic E-state index is 0.108. The number of halogens is 4. The summed E-state index contributed by atoms with van der Waals surface area (Å²) < 4.78 is 59.0. The molecule has 0 spiro atoms. The fourth-order valence-corrected chi connectivity index (χ4v) is 4.56. The Bertz CT molecular complexity index is 1640. The Hall–Kier alpha value is -4.24. The summed E-state index contributed by atoms with van der Waals surface area (Å²) in [5.74, 6) is -0.795. The SMILES string of the molecule is CN(C)C(=O)c1ccc(C(O)(c2ccc3c(cnn3-c3ccc(F)cc3)c2)C(F)(F)F)c2ccccc12. The Kier molecular flexibility index (Phi) is 5.75.